The Bertz CT molecular complexity index is 803. The van der Waals surface area contributed by atoms with Gasteiger partial charge in [0.1, 0.15) is 11.1 Å². The Morgan fingerprint density at radius 1 is 1.32 bits per heavy atom. The standard InChI is InChI=1S/C16H12Cl2N2OS/c1-9-10(2)22-16(12(9)8-19)20-15(21)6-4-11-3-5-13(17)14(18)7-11/h3-7H,1-2H3,(H,20,21)/b6-4+. The minimum atomic E-state index is -0.302. The van der Waals surface area contributed by atoms with Gasteiger partial charge in [-0.2, -0.15) is 5.26 Å². The number of aryl methyl sites for hydroxylation is 1. The highest BCUT2D eigenvalue weighted by molar-refractivity contribution is 7.16. The molecule has 0 aliphatic heterocycles. The number of rotatable bonds is 3. The van der Waals surface area contributed by atoms with Gasteiger partial charge in [-0.3, -0.25) is 4.79 Å². The van der Waals surface area contributed by atoms with Gasteiger partial charge in [-0.25, -0.2) is 0 Å². The second kappa shape index (κ2) is 6.97. The molecule has 3 nitrogen and oxygen atoms in total. The quantitative estimate of drug-likeness (QED) is 0.773. The smallest absolute Gasteiger partial charge is 0.249 e. The van der Waals surface area contributed by atoms with Gasteiger partial charge in [0, 0.05) is 11.0 Å². The molecule has 0 saturated carbocycles. The molecule has 0 atom stereocenters. The fraction of sp³-hybridized carbons (Fsp3) is 0.125. The Balaban J connectivity index is 2.13. The number of hydrogen-bond acceptors (Lipinski definition) is 3. The number of halogens is 2. The summed E-state index contributed by atoms with van der Waals surface area (Å²) in [5.74, 6) is -0.302. The van der Waals surface area contributed by atoms with Gasteiger partial charge in [-0.05, 0) is 43.2 Å². The maximum Gasteiger partial charge on any atom is 0.249 e. The van der Waals surface area contributed by atoms with Crippen molar-refractivity contribution in [1.82, 2.24) is 0 Å². The molecule has 2 aromatic rings. The summed E-state index contributed by atoms with van der Waals surface area (Å²) in [6.07, 6.45) is 3.03. The molecule has 0 spiro atoms. The van der Waals surface area contributed by atoms with Crippen molar-refractivity contribution in [3.05, 3.63) is 55.9 Å². The average molecular weight is 351 g/mol. The monoisotopic (exact) mass is 350 g/mol. The molecule has 0 aliphatic carbocycles. The Morgan fingerprint density at radius 3 is 2.68 bits per heavy atom. The number of amides is 1. The maximum absolute atomic E-state index is 12.0. The van der Waals surface area contributed by atoms with Crippen LogP contribution < -0.4 is 5.32 Å². The molecule has 0 radical (unpaired) electrons. The van der Waals surface area contributed by atoms with E-state index in [2.05, 4.69) is 11.4 Å². The molecule has 0 unspecified atom stereocenters. The third-order valence-corrected chi connectivity index (χ3v) is 4.97. The lowest BCUT2D eigenvalue weighted by atomic mass is 10.2. The first-order valence-corrected chi connectivity index (χ1v) is 7.94. The SMILES string of the molecule is Cc1sc(NC(=O)/C=C/c2ccc(Cl)c(Cl)c2)c(C#N)c1C. The Labute approximate surface area is 142 Å². The molecule has 0 aliphatic rings. The van der Waals surface area contributed by atoms with E-state index < -0.39 is 0 Å². The van der Waals surface area contributed by atoms with Crippen LogP contribution in [0.1, 0.15) is 21.6 Å². The van der Waals surface area contributed by atoms with Gasteiger partial charge in [0.15, 0.2) is 0 Å². The van der Waals surface area contributed by atoms with Crippen LogP contribution in [0.15, 0.2) is 24.3 Å². The van der Waals surface area contributed by atoms with Crippen LogP contribution in [0.4, 0.5) is 5.00 Å². The summed E-state index contributed by atoms with van der Waals surface area (Å²) in [5, 5.41) is 13.3. The van der Waals surface area contributed by atoms with Crippen LogP contribution in [0, 0.1) is 25.2 Å². The highest BCUT2D eigenvalue weighted by Crippen LogP contribution is 2.31. The van der Waals surface area contributed by atoms with Crippen LogP contribution in [-0.4, -0.2) is 5.91 Å². The third kappa shape index (κ3) is 3.69. The molecular formula is C16H12Cl2N2OS. The highest BCUT2D eigenvalue weighted by Gasteiger charge is 2.13. The van der Waals surface area contributed by atoms with Gasteiger partial charge in [-0.1, -0.05) is 29.3 Å². The molecular weight excluding hydrogens is 339 g/mol. The summed E-state index contributed by atoms with van der Waals surface area (Å²) in [7, 11) is 0. The van der Waals surface area contributed by atoms with Crippen molar-refractivity contribution in [3.8, 4) is 6.07 Å². The number of anilines is 1. The number of nitriles is 1. The number of carbonyl (C=O) groups excluding carboxylic acids is 1. The first kappa shape index (κ1) is 16.6. The highest BCUT2D eigenvalue weighted by atomic mass is 35.5. The third-order valence-electron chi connectivity index (χ3n) is 3.10. The van der Waals surface area contributed by atoms with E-state index in [4.69, 9.17) is 28.5 Å². The second-order valence-corrected chi connectivity index (χ2v) is 6.63. The topological polar surface area (TPSA) is 52.9 Å². The zero-order chi connectivity index (χ0) is 16.3. The molecule has 2 rings (SSSR count). The van der Waals surface area contributed by atoms with Crippen LogP contribution >= 0.6 is 34.5 Å². The molecule has 1 N–H and O–H groups in total. The van der Waals surface area contributed by atoms with E-state index in [1.807, 2.05) is 13.8 Å². The molecule has 1 heterocycles. The summed E-state index contributed by atoms with van der Waals surface area (Å²) >= 11 is 13.1. The lowest BCUT2D eigenvalue weighted by Gasteiger charge is -2.00. The van der Waals surface area contributed by atoms with Crippen LogP contribution in [-0.2, 0) is 4.79 Å². The van der Waals surface area contributed by atoms with E-state index in [0.29, 0.717) is 20.6 Å². The van der Waals surface area contributed by atoms with E-state index in [1.54, 1.807) is 24.3 Å². The summed E-state index contributed by atoms with van der Waals surface area (Å²) in [4.78, 5) is 13.0. The van der Waals surface area contributed by atoms with E-state index in [1.165, 1.54) is 17.4 Å². The van der Waals surface area contributed by atoms with Crippen molar-refractivity contribution < 1.29 is 4.79 Å². The predicted octanol–water partition coefficient (Wildman–Crippen LogP) is 5.20. The maximum atomic E-state index is 12.0. The predicted molar refractivity (Wildman–Crippen MR) is 92.6 cm³/mol. The molecule has 6 heteroatoms. The van der Waals surface area contributed by atoms with E-state index in [0.717, 1.165) is 16.0 Å². The zero-order valence-corrected chi connectivity index (χ0v) is 14.2. The molecule has 1 aromatic heterocycles. The molecule has 0 fully saturated rings. The van der Waals surface area contributed by atoms with Crippen LogP contribution in [0.5, 0.6) is 0 Å². The number of carbonyl (C=O) groups is 1. The van der Waals surface area contributed by atoms with Crippen molar-refractivity contribution in [2.45, 2.75) is 13.8 Å². The molecule has 1 amide bonds. The largest absolute Gasteiger partial charge is 0.313 e. The Hall–Kier alpha value is -1.80. The number of benzene rings is 1. The first-order valence-electron chi connectivity index (χ1n) is 6.36. The fourth-order valence-electron chi connectivity index (χ4n) is 1.79. The average Bonchev–Trinajstić information content (AvgIpc) is 2.74. The van der Waals surface area contributed by atoms with E-state index >= 15 is 0 Å². The molecule has 22 heavy (non-hydrogen) atoms. The van der Waals surface area contributed by atoms with Gasteiger partial charge in [-0.15, -0.1) is 11.3 Å². The van der Waals surface area contributed by atoms with Crippen molar-refractivity contribution in [1.29, 1.82) is 5.26 Å². The summed E-state index contributed by atoms with van der Waals surface area (Å²) < 4.78 is 0. The van der Waals surface area contributed by atoms with Crippen molar-refractivity contribution in [2.24, 2.45) is 0 Å². The number of nitrogens with zero attached hydrogens (tertiary/aromatic N) is 1. The van der Waals surface area contributed by atoms with Crippen molar-refractivity contribution in [3.63, 3.8) is 0 Å². The van der Waals surface area contributed by atoms with Gasteiger partial charge in [0.2, 0.25) is 5.91 Å². The lowest BCUT2D eigenvalue weighted by molar-refractivity contribution is -0.111. The van der Waals surface area contributed by atoms with E-state index in [9.17, 15) is 4.79 Å². The Morgan fingerprint density at radius 2 is 2.05 bits per heavy atom. The minimum absolute atomic E-state index is 0.302. The lowest BCUT2D eigenvalue weighted by Crippen LogP contribution is -2.07. The van der Waals surface area contributed by atoms with Gasteiger partial charge in [0.25, 0.3) is 0 Å². The van der Waals surface area contributed by atoms with Gasteiger partial charge < -0.3 is 5.32 Å². The zero-order valence-electron chi connectivity index (χ0n) is 11.9. The van der Waals surface area contributed by atoms with E-state index in [-0.39, 0.29) is 5.91 Å². The second-order valence-electron chi connectivity index (χ2n) is 4.60. The minimum Gasteiger partial charge on any atom is -0.313 e. The van der Waals surface area contributed by atoms with Gasteiger partial charge in [0.05, 0.1) is 15.6 Å². The molecule has 0 bridgehead atoms. The fourth-order valence-corrected chi connectivity index (χ4v) is 3.11. The summed E-state index contributed by atoms with van der Waals surface area (Å²) in [6, 6.07) is 7.22. The van der Waals surface area contributed by atoms with Crippen LogP contribution in [0.2, 0.25) is 10.0 Å². The number of nitrogens with one attached hydrogen (secondary N) is 1. The number of hydrogen-bond donors (Lipinski definition) is 1. The Kier molecular flexibility index (Phi) is 5.25. The van der Waals surface area contributed by atoms with Crippen LogP contribution in [0.25, 0.3) is 6.08 Å². The summed E-state index contributed by atoms with van der Waals surface area (Å²) in [6.45, 7) is 3.79. The molecule has 112 valence electrons. The molecule has 0 saturated heterocycles. The summed E-state index contributed by atoms with van der Waals surface area (Å²) in [5.41, 5.74) is 2.18. The van der Waals surface area contributed by atoms with Gasteiger partial charge >= 0.3 is 0 Å². The number of thiophene rings is 1. The van der Waals surface area contributed by atoms with Crippen molar-refractivity contribution >= 4 is 51.5 Å². The molecule has 1 aromatic carbocycles. The van der Waals surface area contributed by atoms with Crippen molar-refractivity contribution in [2.75, 3.05) is 5.32 Å². The van der Waals surface area contributed by atoms with Crippen LogP contribution in [0.3, 0.4) is 0 Å². The first-order chi connectivity index (χ1) is 10.4. The normalized spacial score (nSPS) is 10.7.